The van der Waals surface area contributed by atoms with Gasteiger partial charge in [0.25, 0.3) is 0 Å². The van der Waals surface area contributed by atoms with Crippen LogP contribution in [0.25, 0.3) is 0 Å². The maximum Gasteiger partial charge on any atom is 0.312 e. The molecule has 1 aliphatic carbocycles. The Morgan fingerprint density at radius 2 is 2.06 bits per heavy atom. The van der Waals surface area contributed by atoms with E-state index in [9.17, 15) is 19.8 Å². The van der Waals surface area contributed by atoms with E-state index >= 15 is 0 Å². The molecule has 0 atom stereocenters. The average Bonchev–Trinajstić information content (AvgIpc) is 3.02. The molecule has 0 heterocycles. The normalized spacial score (nSPS) is 15.4. The van der Waals surface area contributed by atoms with Gasteiger partial charge in [0.1, 0.15) is 0 Å². The summed E-state index contributed by atoms with van der Waals surface area (Å²) in [4.78, 5) is 10.0. The maximum atomic E-state index is 11.8. The van der Waals surface area contributed by atoms with Gasteiger partial charge in [-0.1, -0.05) is 0 Å². The van der Waals surface area contributed by atoms with Crippen molar-refractivity contribution < 1.29 is 14.6 Å². The molecule has 0 saturated heterocycles. The maximum absolute atomic E-state index is 11.8. The predicted octanol–water partition coefficient (Wildman–Crippen LogP) is 1.29. The highest BCUT2D eigenvalue weighted by atomic mass is 31.2. The number of nitro benzene ring substituents is 1. The number of rotatable bonds is 4. The lowest BCUT2D eigenvalue weighted by molar-refractivity contribution is -0.385. The number of aromatic hydroxyl groups is 1. The number of phenolic OH excluding ortho intramolecular Hbond substituents is 1. The summed E-state index contributed by atoms with van der Waals surface area (Å²) in [7, 11) is -3.53. The second kappa shape index (κ2) is 4.24. The fourth-order valence-corrected chi connectivity index (χ4v) is 2.99. The summed E-state index contributed by atoms with van der Waals surface area (Å²) in [6.07, 6.45) is 1.57. The fraction of sp³-hybridized carbons (Fsp3) is 0.333. The van der Waals surface area contributed by atoms with Crippen LogP contribution in [0.4, 0.5) is 11.4 Å². The molecule has 2 rings (SSSR count). The molecule has 0 aliphatic heterocycles. The van der Waals surface area contributed by atoms with Gasteiger partial charge in [-0.15, -0.1) is 0 Å². The molecular weight excluding hydrogens is 259 g/mol. The first-order valence-corrected chi connectivity index (χ1v) is 7.05. The van der Waals surface area contributed by atoms with E-state index < -0.39 is 24.0 Å². The van der Waals surface area contributed by atoms with Crippen molar-refractivity contribution in [2.75, 3.05) is 4.67 Å². The van der Waals surface area contributed by atoms with Crippen molar-refractivity contribution in [2.24, 2.45) is 11.0 Å². The fourth-order valence-electron chi connectivity index (χ4n) is 1.77. The topological polar surface area (TPSA) is 136 Å². The van der Waals surface area contributed by atoms with Crippen LogP contribution in [0.5, 0.6) is 5.75 Å². The first kappa shape index (κ1) is 12.8. The molecule has 1 fully saturated rings. The molecular formula is C9H13N4O4P. The van der Waals surface area contributed by atoms with Crippen molar-refractivity contribution in [3.63, 3.8) is 0 Å². The van der Waals surface area contributed by atoms with Gasteiger partial charge < -0.3 is 5.11 Å². The Morgan fingerprint density at radius 1 is 1.44 bits per heavy atom. The molecule has 5 N–H and O–H groups in total. The highest BCUT2D eigenvalue weighted by Crippen LogP contribution is 2.47. The Bertz CT molecular complexity index is 539. The number of nitrogens with two attached hydrogens (primary N) is 2. The number of phenols is 1. The van der Waals surface area contributed by atoms with Crippen molar-refractivity contribution in [2.45, 2.75) is 18.9 Å². The molecule has 1 saturated carbocycles. The smallest absolute Gasteiger partial charge is 0.312 e. The Balaban J connectivity index is 2.46. The van der Waals surface area contributed by atoms with Crippen molar-refractivity contribution in [1.29, 1.82) is 0 Å². The van der Waals surface area contributed by atoms with Crippen molar-refractivity contribution in [3.8, 4) is 5.75 Å². The minimum absolute atomic E-state index is 0.0602. The standard InChI is InChI=1S/C9H13N4O4P/c10-18(11,17)12(6-1-2-6)7-3-4-9(14)8(5-7)13(15)16/h3-6,14H,1-2H2,(H4,10,11,17). The SMILES string of the molecule is NP(N)(=O)N(c1ccc(O)c([N+](=O)[O-])c1)C1CC1. The molecule has 1 aliphatic rings. The minimum atomic E-state index is -3.53. The molecule has 9 heteroatoms. The number of hydrogen-bond acceptors (Lipinski definition) is 4. The zero-order valence-corrected chi connectivity index (χ0v) is 10.3. The lowest BCUT2D eigenvalue weighted by Gasteiger charge is -2.27. The van der Waals surface area contributed by atoms with E-state index in [2.05, 4.69) is 0 Å². The van der Waals surface area contributed by atoms with E-state index in [1.807, 2.05) is 0 Å². The second-order valence-corrected chi connectivity index (χ2v) is 5.95. The van der Waals surface area contributed by atoms with Gasteiger partial charge in [0, 0.05) is 12.1 Å². The van der Waals surface area contributed by atoms with Crippen molar-refractivity contribution >= 4 is 19.0 Å². The summed E-state index contributed by atoms with van der Waals surface area (Å²) in [5.74, 6) is -0.455. The van der Waals surface area contributed by atoms with Crippen LogP contribution >= 0.6 is 7.59 Å². The molecule has 8 nitrogen and oxygen atoms in total. The monoisotopic (exact) mass is 272 g/mol. The highest BCUT2D eigenvalue weighted by molar-refractivity contribution is 7.60. The van der Waals surface area contributed by atoms with E-state index in [0.29, 0.717) is 0 Å². The Kier molecular flexibility index (Phi) is 3.02. The Labute approximate surface area is 103 Å². The molecule has 0 bridgehead atoms. The Morgan fingerprint density at radius 3 is 2.50 bits per heavy atom. The second-order valence-electron chi connectivity index (χ2n) is 4.18. The third kappa shape index (κ3) is 2.45. The summed E-state index contributed by atoms with van der Waals surface area (Å²) in [6, 6.07) is 3.64. The van der Waals surface area contributed by atoms with Gasteiger partial charge in [-0.2, -0.15) is 0 Å². The summed E-state index contributed by atoms with van der Waals surface area (Å²) >= 11 is 0. The molecule has 0 radical (unpaired) electrons. The van der Waals surface area contributed by atoms with Crippen LogP contribution in [-0.4, -0.2) is 16.1 Å². The summed E-state index contributed by atoms with van der Waals surface area (Å²) in [5, 5.41) is 20.1. The van der Waals surface area contributed by atoms with Crippen LogP contribution in [0, 0.1) is 10.1 Å². The third-order valence-corrected chi connectivity index (χ3v) is 3.88. The highest BCUT2D eigenvalue weighted by Gasteiger charge is 2.37. The largest absolute Gasteiger partial charge is 0.502 e. The van der Waals surface area contributed by atoms with E-state index in [1.54, 1.807) is 0 Å². The average molecular weight is 272 g/mol. The first-order chi connectivity index (χ1) is 8.30. The van der Waals surface area contributed by atoms with Gasteiger partial charge in [-0.05, 0) is 25.0 Å². The van der Waals surface area contributed by atoms with E-state index in [4.69, 9.17) is 11.0 Å². The van der Waals surface area contributed by atoms with Gasteiger partial charge in [-0.25, -0.2) is 0 Å². The molecule has 98 valence electrons. The molecule has 1 aromatic rings. The molecule has 18 heavy (non-hydrogen) atoms. The van der Waals surface area contributed by atoms with Crippen LogP contribution in [0.15, 0.2) is 18.2 Å². The van der Waals surface area contributed by atoms with Gasteiger partial charge in [0.15, 0.2) is 5.75 Å². The molecule has 0 spiro atoms. The number of nitrogens with zero attached hydrogens (tertiary/aromatic N) is 2. The number of nitro groups is 1. The quantitative estimate of drug-likeness (QED) is 0.426. The zero-order valence-electron chi connectivity index (χ0n) is 9.39. The lowest BCUT2D eigenvalue weighted by Crippen LogP contribution is -2.30. The van der Waals surface area contributed by atoms with Gasteiger partial charge in [0.05, 0.1) is 10.6 Å². The van der Waals surface area contributed by atoms with Gasteiger partial charge >= 0.3 is 13.3 Å². The number of anilines is 1. The minimum Gasteiger partial charge on any atom is -0.502 e. The molecule has 0 amide bonds. The van der Waals surface area contributed by atoms with Crippen LogP contribution in [-0.2, 0) is 4.57 Å². The van der Waals surface area contributed by atoms with Gasteiger partial charge in [-0.3, -0.25) is 30.4 Å². The molecule has 0 unspecified atom stereocenters. The zero-order chi connectivity index (χ0) is 13.5. The summed E-state index contributed by atoms with van der Waals surface area (Å²) in [5.41, 5.74) is 10.7. The number of hydrogen-bond donors (Lipinski definition) is 3. The van der Waals surface area contributed by atoms with Crippen molar-refractivity contribution in [1.82, 2.24) is 0 Å². The van der Waals surface area contributed by atoms with Gasteiger partial charge in [0.2, 0.25) is 0 Å². The van der Waals surface area contributed by atoms with E-state index in [-0.39, 0.29) is 11.7 Å². The Hall–Kier alpha value is -1.63. The van der Waals surface area contributed by atoms with Crippen LogP contribution in [0.1, 0.15) is 12.8 Å². The van der Waals surface area contributed by atoms with E-state index in [0.717, 1.165) is 18.9 Å². The van der Waals surface area contributed by atoms with E-state index in [1.165, 1.54) is 16.8 Å². The summed E-state index contributed by atoms with van der Waals surface area (Å²) in [6.45, 7) is 0. The van der Waals surface area contributed by atoms with Crippen LogP contribution in [0.3, 0.4) is 0 Å². The third-order valence-electron chi connectivity index (χ3n) is 2.65. The number of benzene rings is 1. The predicted molar refractivity (Wildman–Crippen MR) is 66.2 cm³/mol. The van der Waals surface area contributed by atoms with Crippen molar-refractivity contribution in [3.05, 3.63) is 28.3 Å². The molecule has 1 aromatic carbocycles. The lowest BCUT2D eigenvalue weighted by atomic mass is 10.2. The summed E-state index contributed by atoms with van der Waals surface area (Å²) < 4.78 is 13.1. The molecule has 0 aromatic heterocycles. The first-order valence-electron chi connectivity index (χ1n) is 5.25. The van der Waals surface area contributed by atoms with Crippen LogP contribution < -0.4 is 15.7 Å². The van der Waals surface area contributed by atoms with Crippen LogP contribution in [0.2, 0.25) is 0 Å².